The maximum atomic E-state index is 12.9. The van der Waals surface area contributed by atoms with Crippen molar-refractivity contribution >= 4 is 15.9 Å². The second-order valence-electron chi connectivity index (χ2n) is 4.01. The lowest BCUT2D eigenvalue weighted by Crippen LogP contribution is -2.50. The molecule has 0 atom stereocenters. The Morgan fingerprint density at radius 1 is 1.56 bits per heavy atom. The van der Waals surface area contributed by atoms with E-state index in [0.717, 1.165) is 6.20 Å². The molecule has 2 heterocycles. The van der Waals surface area contributed by atoms with Crippen LogP contribution < -0.4 is 4.72 Å². The third-order valence-electron chi connectivity index (χ3n) is 2.64. The number of nitrogens with one attached hydrogen (secondary N) is 1. The van der Waals surface area contributed by atoms with Crippen LogP contribution >= 0.6 is 0 Å². The van der Waals surface area contributed by atoms with Crippen LogP contribution in [-0.4, -0.2) is 43.2 Å². The van der Waals surface area contributed by atoms with E-state index in [1.807, 2.05) is 0 Å². The molecule has 6 nitrogen and oxygen atoms in total. The van der Waals surface area contributed by atoms with Gasteiger partial charge in [-0.1, -0.05) is 0 Å². The van der Waals surface area contributed by atoms with Gasteiger partial charge in [0.15, 0.2) is 0 Å². The van der Waals surface area contributed by atoms with Gasteiger partial charge < -0.3 is 4.90 Å². The van der Waals surface area contributed by atoms with Gasteiger partial charge in [-0.15, -0.1) is 0 Å². The number of pyridine rings is 1. The molecule has 1 aromatic rings. The van der Waals surface area contributed by atoms with Gasteiger partial charge >= 0.3 is 0 Å². The van der Waals surface area contributed by atoms with E-state index in [1.165, 1.54) is 11.0 Å². The van der Waals surface area contributed by atoms with E-state index in [-0.39, 0.29) is 24.7 Å². The van der Waals surface area contributed by atoms with E-state index in [4.69, 9.17) is 0 Å². The number of halogens is 1. The first-order valence-corrected chi connectivity index (χ1v) is 6.93. The molecule has 1 fully saturated rings. The lowest BCUT2D eigenvalue weighted by molar-refractivity contribution is 0.0749. The highest BCUT2D eigenvalue weighted by molar-refractivity contribution is 7.89. The molecule has 1 aliphatic heterocycles. The zero-order chi connectivity index (χ0) is 13.3. The molecule has 0 aromatic carbocycles. The van der Waals surface area contributed by atoms with E-state index in [0.29, 0.717) is 5.56 Å². The fourth-order valence-electron chi connectivity index (χ4n) is 1.65. The Morgan fingerprint density at radius 3 is 2.83 bits per heavy atom. The summed E-state index contributed by atoms with van der Waals surface area (Å²) in [6.07, 6.45) is 0.967. The Hall–Kier alpha value is -1.54. The number of nitrogens with zero attached hydrogens (tertiary/aromatic N) is 2. The molecule has 1 saturated heterocycles. The van der Waals surface area contributed by atoms with Crippen LogP contribution in [0.1, 0.15) is 16.1 Å². The summed E-state index contributed by atoms with van der Waals surface area (Å²) in [5.74, 6) is -1.06. The SMILES string of the molecule is Cc1cc(F)cnc1C(=O)N1CCS(=O)(=O)NC1. The molecule has 1 aliphatic rings. The molecular formula is C10H12FN3O3S. The van der Waals surface area contributed by atoms with Gasteiger partial charge in [-0.25, -0.2) is 17.8 Å². The molecule has 1 N–H and O–H groups in total. The molecule has 18 heavy (non-hydrogen) atoms. The topological polar surface area (TPSA) is 79.4 Å². The van der Waals surface area contributed by atoms with Gasteiger partial charge in [0.2, 0.25) is 10.0 Å². The highest BCUT2D eigenvalue weighted by Gasteiger charge is 2.26. The van der Waals surface area contributed by atoms with E-state index in [9.17, 15) is 17.6 Å². The van der Waals surface area contributed by atoms with Crippen LogP contribution in [0.5, 0.6) is 0 Å². The number of rotatable bonds is 1. The monoisotopic (exact) mass is 273 g/mol. The average Bonchev–Trinajstić information content (AvgIpc) is 2.28. The van der Waals surface area contributed by atoms with Gasteiger partial charge in [0, 0.05) is 6.54 Å². The number of carbonyl (C=O) groups excluding carboxylic acids is 1. The van der Waals surface area contributed by atoms with Crippen molar-refractivity contribution in [2.24, 2.45) is 0 Å². The maximum Gasteiger partial charge on any atom is 0.273 e. The predicted molar refractivity (Wildman–Crippen MR) is 61.8 cm³/mol. The lowest BCUT2D eigenvalue weighted by Gasteiger charge is -2.27. The predicted octanol–water partition coefficient (Wildman–Crippen LogP) is -0.138. The van der Waals surface area contributed by atoms with Crippen LogP contribution in [0, 0.1) is 12.7 Å². The maximum absolute atomic E-state index is 12.9. The number of hydrogen-bond donors (Lipinski definition) is 1. The van der Waals surface area contributed by atoms with Crippen LogP contribution in [0.2, 0.25) is 0 Å². The summed E-state index contributed by atoms with van der Waals surface area (Å²) in [6.45, 7) is 1.60. The molecule has 2 rings (SSSR count). The molecule has 1 amide bonds. The van der Waals surface area contributed by atoms with Crippen LogP contribution in [-0.2, 0) is 10.0 Å². The fourth-order valence-corrected chi connectivity index (χ4v) is 2.60. The van der Waals surface area contributed by atoms with Gasteiger partial charge in [-0.3, -0.25) is 4.79 Å². The van der Waals surface area contributed by atoms with E-state index < -0.39 is 21.7 Å². The fraction of sp³-hybridized carbons (Fsp3) is 0.400. The van der Waals surface area contributed by atoms with Gasteiger partial charge in [0.05, 0.1) is 18.6 Å². The first-order chi connectivity index (χ1) is 8.39. The number of hydrogen-bond acceptors (Lipinski definition) is 4. The third kappa shape index (κ3) is 2.65. The van der Waals surface area contributed by atoms with Crippen LogP contribution in [0.15, 0.2) is 12.3 Å². The highest BCUT2D eigenvalue weighted by Crippen LogP contribution is 2.11. The smallest absolute Gasteiger partial charge is 0.273 e. The standard InChI is InChI=1S/C10H12FN3O3S/c1-7-4-8(11)5-12-9(7)10(15)14-2-3-18(16,17)13-6-14/h4-5,13H,2-3,6H2,1H3. The summed E-state index contributed by atoms with van der Waals surface area (Å²) in [5, 5.41) is 0. The Kier molecular flexibility index (Phi) is 3.31. The Morgan fingerprint density at radius 2 is 2.28 bits per heavy atom. The molecule has 0 unspecified atom stereocenters. The summed E-state index contributed by atoms with van der Waals surface area (Å²) < 4.78 is 37.4. The highest BCUT2D eigenvalue weighted by atomic mass is 32.2. The van der Waals surface area contributed by atoms with Crippen LogP contribution in [0.3, 0.4) is 0 Å². The molecule has 0 saturated carbocycles. The van der Waals surface area contributed by atoms with Gasteiger partial charge in [0.25, 0.3) is 5.91 Å². The molecule has 8 heteroatoms. The van der Waals surface area contributed by atoms with E-state index in [2.05, 4.69) is 9.71 Å². The molecule has 0 bridgehead atoms. The average molecular weight is 273 g/mol. The second-order valence-corrected chi connectivity index (χ2v) is 5.94. The first-order valence-electron chi connectivity index (χ1n) is 5.28. The summed E-state index contributed by atoms with van der Waals surface area (Å²) in [6, 6.07) is 1.22. The summed E-state index contributed by atoms with van der Waals surface area (Å²) in [5.41, 5.74) is 0.561. The molecule has 0 aliphatic carbocycles. The summed E-state index contributed by atoms with van der Waals surface area (Å²) in [4.78, 5) is 17.1. The van der Waals surface area contributed by atoms with Crippen molar-refractivity contribution in [2.75, 3.05) is 19.0 Å². The van der Waals surface area contributed by atoms with E-state index in [1.54, 1.807) is 6.92 Å². The van der Waals surface area contributed by atoms with Crippen molar-refractivity contribution in [1.29, 1.82) is 0 Å². The molecule has 0 radical (unpaired) electrons. The van der Waals surface area contributed by atoms with Crippen molar-refractivity contribution in [3.05, 3.63) is 29.3 Å². The molecule has 1 aromatic heterocycles. The number of sulfonamides is 1. The Balaban J connectivity index is 2.17. The van der Waals surface area contributed by atoms with Crippen molar-refractivity contribution in [3.63, 3.8) is 0 Å². The van der Waals surface area contributed by atoms with E-state index >= 15 is 0 Å². The molecule has 0 spiro atoms. The molecular weight excluding hydrogens is 261 g/mol. The zero-order valence-corrected chi connectivity index (χ0v) is 10.5. The zero-order valence-electron chi connectivity index (χ0n) is 9.68. The van der Waals surface area contributed by atoms with Crippen molar-refractivity contribution in [2.45, 2.75) is 6.92 Å². The van der Waals surface area contributed by atoms with Gasteiger partial charge in [0.1, 0.15) is 11.5 Å². The minimum atomic E-state index is -3.27. The Bertz CT molecular complexity index is 574. The quantitative estimate of drug-likeness (QED) is 0.772. The van der Waals surface area contributed by atoms with Crippen molar-refractivity contribution in [1.82, 2.24) is 14.6 Å². The van der Waals surface area contributed by atoms with Crippen molar-refractivity contribution in [3.8, 4) is 0 Å². The normalized spacial score (nSPS) is 18.7. The largest absolute Gasteiger partial charge is 0.322 e. The van der Waals surface area contributed by atoms with Gasteiger partial charge in [-0.05, 0) is 18.6 Å². The first kappa shape index (κ1) is 12.9. The lowest BCUT2D eigenvalue weighted by atomic mass is 10.2. The van der Waals surface area contributed by atoms with Gasteiger partial charge in [-0.2, -0.15) is 4.72 Å². The summed E-state index contributed by atoms with van der Waals surface area (Å²) >= 11 is 0. The summed E-state index contributed by atoms with van der Waals surface area (Å²) in [7, 11) is -3.27. The number of carbonyl (C=O) groups is 1. The number of aromatic nitrogens is 1. The number of aryl methyl sites for hydroxylation is 1. The minimum Gasteiger partial charge on any atom is -0.322 e. The minimum absolute atomic E-state index is 0.0837. The van der Waals surface area contributed by atoms with Crippen molar-refractivity contribution < 1.29 is 17.6 Å². The molecule has 98 valence electrons. The number of amides is 1. The second kappa shape index (κ2) is 4.62. The van der Waals surface area contributed by atoms with Crippen LogP contribution in [0.4, 0.5) is 4.39 Å². The third-order valence-corrected chi connectivity index (χ3v) is 3.93. The van der Waals surface area contributed by atoms with Crippen LogP contribution in [0.25, 0.3) is 0 Å². The Labute approximate surface area is 104 Å².